The van der Waals surface area contributed by atoms with Crippen LogP contribution in [0.1, 0.15) is 31.9 Å². The minimum atomic E-state index is -1.08. The second-order valence-corrected chi connectivity index (χ2v) is 9.78. The molecule has 0 aliphatic rings. The Bertz CT molecular complexity index is 1150. The van der Waals surface area contributed by atoms with Crippen molar-refractivity contribution in [2.24, 2.45) is 5.73 Å². The van der Waals surface area contributed by atoms with Crippen molar-refractivity contribution in [1.82, 2.24) is 21.3 Å². The van der Waals surface area contributed by atoms with Gasteiger partial charge in [0.25, 0.3) is 0 Å². The number of primary amides is 1. The van der Waals surface area contributed by atoms with Gasteiger partial charge < -0.3 is 36.8 Å². The Morgan fingerprint density at radius 2 is 1.36 bits per heavy atom. The first-order chi connectivity index (χ1) is 18.3. The average molecular weight is 542 g/mol. The summed E-state index contributed by atoms with van der Waals surface area (Å²) >= 11 is 0. The Hall–Kier alpha value is -4.61. The normalized spacial score (nSPS) is 12.4. The summed E-state index contributed by atoms with van der Waals surface area (Å²) in [5.41, 5.74) is 6.18. The molecule has 0 saturated carbocycles. The molecule has 7 N–H and O–H groups in total. The van der Waals surface area contributed by atoms with E-state index >= 15 is 0 Å². The van der Waals surface area contributed by atoms with Crippen LogP contribution >= 0.6 is 0 Å². The number of alkyl carbamates (subject to hydrolysis) is 1. The second-order valence-electron chi connectivity index (χ2n) is 9.78. The predicted molar refractivity (Wildman–Crippen MR) is 142 cm³/mol. The number of hydrogen-bond donors (Lipinski definition) is 6. The van der Waals surface area contributed by atoms with Crippen LogP contribution in [-0.4, -0.2) is 65.6 Å². The third-order valence-corrected chi connectivity index (χ3v) is 5.21. The van der Waals surface area contributed by atoms with Gasteiger partial charge in [0.2, 0.25) is 23.6 Å². The van der Waals surface area contributed by atoms with Crippen molar-refractivity contribution in [3.8, 4) is 5.75 Å². The first-order valence-corrected chi connectivity index (χ1v) is 12.3. The summed E-state index contributed by atoms with van der Waals surface area (Å²) < 4.78 is 5.04. The molecule has 0 bridgehead atoms. The van der Waals surface area contributed by atoms with Gasteiger partial charge in [-0.1, -0.05) is 42.5 Å². The van der Waals surface area contributed by atoms with Gasteiger partial charge >= 0.3 is 6.09 Å². The molecule has 2 rings (SSSR count). The molecule has 0 saturated heterocycles. The summed E-state index contributed by atoms with van der Waals surface area (Å²) in [6.07, 6.45) is -0.594. The van der Waals surface area contributed by atoms with Crippen molar-refractivity contribution in [2.75, 3.05) is 13.1 Å². The van der Waals surface area contributed by atoms with E-state index in [0.29, 0.717) is 5.56 Å². The maximum absolute atomic E-state index is 13.1. The fourth-order valence-corrected chi connectivity index (χ4v) is 3.38. The van der Waals surface area contributed by atoms with Gasteiger partial charge in [-0.15, -0.1) is 0 Å². The van der Waals surface area contributed by atoms with Gasteiger partial charge in [-0.05, 0) is 44.0 Å². The van der Waals surface area contributed by atoms with E-state index in [1.807, 2.05) is 0 Å². The van der Waals surface area contributed by atoms with Crippen molar-refractivity contribution in [3.63, 3.8) is 0 Å². The van der Waals surface area contributed by atoms with E-state index in [-0.39, 0.29) is 18.6 Å². The summed E-state index contributed by atoms with van der Waals surface area (Å²) in [7, 11) is 0. The molecule has 2 aromatic carbocycles. The van der Waals surface area contributed by atoms with Crippen LogP contribution in [0.5, 0.6) is 5.75 Å². The van der Waals surface area contributed by atoms with Gasteiger partial charge in [-0.2, -0.15) is 0 Å². The average Bonchev–Trinajstić information content (AvgIpc) is 2.86. The summed E-state index contributed by atoms with van der Waals surface area (Å²) in [6, 6.07) is 12.9. The number of aromatic hydroxyl groups is 1. The van der Waals surface area contributed by atoms with Crippen LogP contribution in [0, 0.1) is 0 Å². The van der Waals surface area contributed by atoms with Gasteiger partial charge in [-0.25, -0.2) is 4.79 Å². The molecule has 0 fully saturated rings. The van der Waals surface area contributed by atoms with E-state index in [4.69, 9.17) is 10.5 Å². The molecule has 5 amide bonds. The van der Waals surface area contributed by atoms with Crippen LogP contribution in [0.15, 0.2) is 54.6 Å². The molecule has 0 aliphatic carbocycles. The number of hydrogen-bond acceptors (Lipinski definition) is 7. The number of benzene rings is 2. The van der Waals surface area contributed by atoms with Crippen molar-refractivity contribution in [3.05, 3.63) is 65.7 Å². The van der Waals surface area contributed by atoms with E-state index in [0.717, 1.165) is 5.56 Å². The molecular weight excluding hydrogens is 506 g/mol. The highest BCUT2D eigenvalue weighted by atomic mass is 16.6. The number of nitrogens with two attached hydrogens (primary N) is 1. The zero-order chi connectivity index (χ0) is 29.0. The van der Waals surface area contributed by atoms with Gasteiger partial charge in [0, 0.05) is 12.8 Å². The lowest BCUT2D eigenvalue weighted by Crippen LogP contribution is -2.55. The quantitative estimate of drug-likeness (QED) is 0.222. The van der Waals surface area contributed by atoms with Gasteiger partial charge in [0.05, 0.1) is 6.54 Å². The first kappa shape index (κ1) is 30.6. The number of phenolic OH excluding ortho intramolecular Hbond substituents is 1. The molecule has 0 aliphatic heterocycles. The third-order valence-electron chi connectivity index (χ3n) is 5.21. The highest BCUT2D eigenvalue weighted by Gasteiger charge is 2.26. The van der Waals surface area contributed by atoms with Crippen LogP contribution in [0.4, 0.5) is 4.79 Å². The summed E-state index contributed by atoms with van der Waals surface area (Å²) in [5.74, 6) is -2.66. The predicted octanol–water partition coefficient (Wildman–Crippen LogP) is 0.273. The fraction of sp³-hybridized carbons (Fsp3) is 0.370. The van der Waals surface area contributed by atoms with E-state index in [1.54, 1.807) is 63.2 Å². The Morgan fingerprint density at radius 3 is 1.95 bits per heavy atom. The molecule has 39 heavy (non-hydrogen) atoms. The number of nitrogens with one attached hydrogen (secondary N) is 4. The molecule has 2 atom stereocenters. The smallest absolute Gasteiger partial charge is 0.408 e. The molecule has 12 nitrogen and oxygen atoms in total. The highest BCUT2D eigenvalue weighted by Crippen LogP contribution is 2.12. The summed E-state index contributed by atoms with van der Waals surface area (Å²) in [6.45, 7) is 4.17. The summed E-state index contributed by atoms with van der Waals surface area (Å²) in [5, 5.41) is 19.3. The van der Waals surface area contributed by atoms with Crippen molar-refractivity contribution in [1.29, 1.82) is 0 Å². The first-order valence-electron chi connectivity index (χ1n) is 12.3. The molecule has 0 spiro atoms. The Balaban J connectivity index is 2.00. The third kappa shape index (κ3) is 12.0. The van der Waals surface area contributed by atoms with Crippen LogP contribution in [0.25, 0.3) is 0 Å². The Kier molecular flexibility index (Phi) is 11.3. The lowest BCUT2D eigenvalue weighted by atomic mass is 10.0. The van der Waals surface area contributed by atoms with E-state index in [9.17, 15) is 29.1 Å². The number of carbonyl (C=O) groups excluding carboxylic acids is 5. The molecule has 0 heterocycles. The lowest BCUT2D eigenvalue weighted by molar-refractivity contribution is -0.131. The topological polar surface area (TPSA) is 189 Å². The molecule has 12 heteroatoms. The van der Waals surface area contributed by atoms with Crippen molar-refractivity contribution < 1.29 is 33.8 Å². The second kappa shape index (κ2) is 14.4. The molecular formula is C27H35N5O7. The zero-order valence-corrected chi connectivity index (χ0v) is 22.2. The largest absolute Gasteiger partial charge is 0.508 e. The van der Waals surface area contributed by atoms with Crippen molar-refractivity contribution in [2.45, 2.75) is 51.3 Å². The van der Waals surface area contributed by atoms with Gasteiger partial charge in [0.15, 0.2) is 0 Å². The Labute approximate surface area is 226 Å². The monoisotopic (exact) mass is 541 g/mol. The number of ether oxygens (including phenoxy) is 1. The van der Waals surface area contributed by atoms with E-state index < -0.39 is 60.5 Å². The molecule has 2 unspecified atom stereocenters. The number of rotatable bonds is 12. The number of carbonyl (C=O) groups is 5. The number of amides is 5. The maximum Gasteiger partial charge on any atom is 0.408 e. The van der Waals surface area contributed by atoms with E-state index in [1.165, 1.54) is 12.1 Å². The minimum Gasteiger partial charge on any atom is -0.508 e. The van der Waals surface area contributed by atoms with Crippen LogP contribution in [0.3, 0.4) is 0 Å². The molecule has 2 aromatic rings. The maximum atomic E-state index is 13.1. The SMILES string of the molecule is CC(C)(C)OC(=O)NCC(=O)NCC(=O)NC(Cc1ccccc1)C(=O)NC(Cc1ccc(O)cc1)C(N)=O. The Morgan fingerprint density at radius 1 is 0.795 bits per heavy atom. The molecule has 210 valence electrons. The highest BCUT2D eigenvalue weighted by molar-refractivity contribution is 5.93. The van der Waals surface area contributed by atoms with Crippen LogP contribution in [0.2, 0.25) is 0 Å². The van der Waals surface area contributed by atoms with Crippen LogP contribution < -0.4 is 27.0 Å². The van der Waals surface area contributed by atoms with Gasteiger partial charge in [-0.3, -0.25) is 19.2 Å². The number of phenols is 1. The lowest BCUT2D eigenvalue weighted by Gasteiger charge is -2.22. The van der Waals surface area contributed by atoms with Crippen LogP contribution in [-0.2, 0) is 36.8 Å². The zero-order valence-electron chi connectivity index (χ0n) is 22.2. The molecule has 0 aromatic heterocycles. The van der Waals surface area contributed by atoms with E-state index in [2.05, 4.69) is 21.3 Å². The van der Waals surface area contributed by atoms with Gasteiger partial charge in [0.1, 0.15) is 30.0 Å². The summed E-state index contributed by atoms with van der Waals surface area (Å²) in [4.78, 5) is 61.5. The van der Waals surface area contributed by atoms with Crippen molar-refractivity contribution >= 4 is 29.7 Å². The minimum absolute atomic E-state index is 0.0526. The standard InChI is InChI=1S/C27H35N5O7/c1-27(2,3)39-26(38)30-15-22(34)29-16-23(35)31-21(14-17-7-5-4-6-8-17)25(37)32-20(24(28)36)13-18-9-11-19(33)12-10-18/h4-12,20-21,33H,13-16H2,1-3H3,(H2,28,36)(H,29,34)(H,30,38)(H,31,35)(H,32,37). The molecule has 0 radical (unpaired) electrons. The fourth-order valence-electron chi connectivity index (χ4n) is 3.38.